The normalized spacial score (nSPS) is 21.9. The first kappa shape index (κ1) is 23.3. The van der Waals surface area contributed by atoms with E-state index in [4.69, 9.17) is 4.74 Å². The molecule has 1 saturated carbocycles. The van der Waals surface area contributed by atoms with Gasteiger partial charge >= 0.3 is 12.1 Å². The van der Waals surface area contributed by atoms with E-state index in [1.807, 2.05) is 48.5 Å². The molecular formula is C26H26F2N2O5. The molecule has 7 nitrogen and oxygen atoms in total. The molecule has 2 aromatic rings. The first-order valence-electron chi connectivity index (χ1n) is 11.8. The van der Waals surface area contributed by atoms with E-state index in [0.717, 1.165) is 22.3 Å². The first-order chi connectivity index (χ1) is 16.7. The van der Waals surface area contributed by atoms with Crippen LogP contribution in [0.15, 0.2) is 48.5 Å². The average Bonchev–Trinajstić information content (AvgIpc) is 3.52. The van der Waals surface area contributed by atoms with Crippen molar-refractivity contribution in [2.45, 2.75) is 55.5 Å². The number of benzene rings is 2. The molecule has 0 aromatic heterocycles. The first-order valence-corrected chi connectivity index (χ1v) is 11.8. The zero-order valence-electron chi connectivity index (χ0n) is 19.0. The van der Waals surface area contributed by atoms with Crippen molar-refractivity contribution < 1.29 is 33.0 Å². The van der Waals surface area contributed by atoms with Gasteiger partial charge in [0.15, 0.2) is 0 Å². The molecular weight excluding hydrogens is 458 g/mol. The number of likely N-dealkylation sites (tertiary alicyclic amines) is 1. The predicted octanol–water partition coefficient (Wildman–Crippen LogP) is 4.16. The highest BCUT2D eigenvalue weighted by atomic mass is 19.3. The number of carboxylic acids is 1. The molecule has 2 aliphatic carbocycles. The van der Waals surface area contributed by atoms with Gasteiger partial charge < -0.3 is 20.1 Å². The van der Waals surface area contributed by atoms with Crippen LogP contribution in [-0.4, -0.2) is 58.6 Å². The average molecular weight is 484 g/mol. The Morgan fingerprint density at radius 3 is 2.14 bits per heavy atom. The summed E-state index contributed by atoms with van der Waals surface area (Å²) in [5.41, 5.74) is 2.79. The lowest BCUT2D eigenvalue weighted by Crippen LogP contribution is -2.60. The summed E-state index contributed by atoms with van der Waals surface area (Å²) in [6.07, 6.45) is -0.0569. The monoisotopic (exact) mass is 484 g/mol. The van der Waals surface area contributed by atoms with Gasteiger partial charge in [-0.05, 0) is 35.1 Å². The molecule has 2 fully saturated rings. The Hall–Kier alpha value is -3.49. The number of alkyl carbamates (subject to hydrolysis) is 1. The van der Waals surface area contributed by atoms with Crippen LogP contribution in [0, 0.1) is 0 Å². The summed E-state index contributed by atoms with van der Waals surface area (Å²) in [5, 5.41) is 12.0. The summed E-state index contributed by atoms with van der Waals surface area (Å²) < 4.78 is 33.6. The summed E-state index contributed by atoms with van der Waals surface area (Å²) >= 11 is 0. The second-order valence-corrected chi connectivity index (χ2v) is 9.59. The molecule has 0 bridgehead atoms. The third-order valence-electron chi connectivity index (χ3n) is 7.37. The lowest BCUT2D eigenvalue weighted by atomic mass is 9.95. The Balaban J connectivity index is 1.31. The maximum absolute atomic E-state index is 14.0. The highest BCUT2D eigenvalue weighted by Crippen LogP contribution is 2.44. The molecule has 2 aromatic carbocycles. The molecule has 35 heavy (non-hydrogen) atoms. The second kappa shape index (κ2) is 8.62. The van der Waals surface area contributed by atoms with Gasteiger partial charge in [-0.1, -0.05) is 61.4 Å². The SMILES string of the molecule is O=C(NC1(C(=O)N2CC(F)(F)C[C@@H]2C(=O)O)CCCC1)OCC1c2ccccc2-c2ccccc21. The van der Waals surface area contributed by atoms with Crippen molar-refractivity contribution in [2.24, 2.45) is 0 Å². The maximum atomic E-state index is 14.0. The molecule has 0 radical (unpaired) electrons. The van der Waals surface area contributed by atoms with Gasteiger partial charge in [-0.2, -0.15) is 0 Å². The van der Waals surface area contributed by atoms with Gasteiger partial charge in [0.1, 0.15) is 18.2 Å². The number of fused-ring (bicyclic) bond motifs is 3. The van der Waals surface area contributed by atoms with Crippen LogP contribution >= 0.6 is 0 Å². The molecule has 1 heterocycles. The van der Waals surface area contributed by atoms with Gasteiger partial charge in [0.2, 0.25) is 5.91 Å². The van der Waals surface area contributed by atoms with Crippen molar-refractivity contribution in [2.75, 3.05) is 13.2 Å². The van der Waals surface area contributed by atoms with Crippen molar-refractivity contribution in [1.29, 1.82) is 0 Å². The highest BCUT2D eigenvalue weighted by molar-refractivity contribution is 5.93. The molecule has 2 amide bonds. The van der Waals surface area contributed by atoms with Crippen molar-refractivity contribution in [1.82, 2.24) is 10.2 Å². The highest BCUT2D eigenvalue weighted by Gasteiger charge is 2.55. The summed E-state index contributed by atoms with van der Waals surface area (Å²) in [4.78, 5) is 38.5. The van der Waals surface area contributed by atoms with E-state index in [1.54, 1.807) is 0 Å². The molecule has 0 unspecified atom stereocenters. The molecule has 2 N–H and O–H groups in total. The van der Waals surface area contributed by atoms with Crippen molar-refractivity contribution in [3.63, 3.8) is 0 Å². The number of hydrogen-bond donors (Lipinski definition) is 2. The van der Waals surface area contributed by atoms with Crippen molar-refractivity contribution in [3.05, 3.63) is 59.7 Å². The van der Waals surface area contributed by atoms with Crippen LogP contribution in [0.3, 0.4) is 0 Å². The number of aliphatic carboxylic acids is 1. The third-order valence-corrected chi connectivity index (χ3v) is 7.37. The second-order valence-electron chi connectivity index (χ2n) is 9.59. The third kappa shape index (κ3) is 4.13. The molecule has 3 aliphatic rings. The molecule has 5 rings (SSSR count). The fourth-order valence-electron chi connectivity index (χ4n) is 5.73. The van der Waals surface area contributed by atoms with Crippen LogP contribution in [0.25, 0.3) is 11.1 Å². The summed E-state index contributed by atoms with van der Waals surface area (Å²) in [6.45, 7) is -0.930. The summed E-state index contributed by atoms with van der Waals surface area (Å²) in [7, 11) is 0. The van der Waals surface area contributed by atoms with Gasteiger partial charge in [-0.25, -0.2) is 18.4 Å². The maximum Gasteiger partial charge on any atom is 0.408 e. The fraction of sp³-hybridized carbons (Fsp3) is 0.423. The number of nitrogens with one attached hydrogen (secondary N) is 1. The van der Waals surface area contributed by atoms with Crippen LogP contribution in [0.1, 0.15) is 49.1 Å². The van der Waals surface area contributed by atoms with Gasteiger partial charge in [-0.15, -0.1) is 0 Å². The number of nitrogens with zero attached hydrogens (tertiary/aromatic N) is 1. The minimum atomic E-state index is -3.29. The van der Waals surface area contributed by atoms with Crippen LogP contribution in [-0.2, 0) is 14.3 Å². The number of halogens is 2. The van der Waals surface area contributed by atoms with Gasteiger partial charge in [0, 0.05) is 12.3 Å². The predicted molar refractivity (Wildman–Crippen MR) is 122 cm³/mol. The minimum Gasteiger partial charge on any atom is -0.480 e. The zero-order chi connectivity index (χ0) is 24.8. The number of ether oxygens (including phenoxy) is 1. The quantitative estimate of drug-likeness (QED) is 0.665. The Morgan fingerprint density at radius 2 is 1.57 bits per heavy atom. The molecule has 184 valence electrons. The number of rotatable bonds is 5. The van der Waals surface area contributed by atoms with E-state index in [0.29, 0.717) is 17.7 Å². The van der Waals surface area contributed by atoms with Gasteiger partial charge in [-0.3, -0.25) is 4.79 Å². The van der Waals surface area contributed by atoms with E-state index in [-0.39, 0.29) is 25.4 Å². The lowest BCUT2D eigenvalue weighted by Gasteiger charge is -2.34. The van der Waals surface area contributed by atoms with Crippen molar-refractivity contribution >= 4 is 18.0 Å². The number of alkyl halides is 2. The Bertz CT molecular complexity index is 1130. The molecule has 1 aliphatic heterocycles. The number of hydrogen-bond acceptors (Lipinski definition) is 4. The van der Waals surface area contributed by atoms with E-state index in [9.17, 15) is 28.3 Å². The summed E-state index contributed by atoms with van der Waals surface area (Å²) in [6, 6.07) is 14.1. The zero-order valence-corrected chi connectivity index (χ0v) is 19.0. The molecule has 1 saturated heterocycles. The van der Waals surface area contributed by atoms with Gasteiger partial charge in [0.25, 0.3) is 5.92 Å². The minimum absolute atomic E-state index is 0.0453. The lowest BCUT2D eigenvalue weighted by molar-refractivity contribution is -0.151. The molecule has 9 heteroatoms. The van der Waals surface area contributed by atoms with E-state index < -0.39 is 48.4 Å². The molecule has 0 spiro atoms. The Labute approximate surface area is 201 Å². The smallest absolute Gasteiger partial charge is 0.408 e. The van der Waals surface area contributed by atoms with Gasteiger partial charge in [0.05, 0.1) is 6.54 Å². The number of carboxylic acid groups (broad SMARTS) is 1. The standard InChI is InChI=1S/C26H26F2N2O5/c27-26(28)13-21(22(31)32)30(15-26)23(33)25(11-5-6-12-25)29-24(34)35-14-20-18-9-3-1-7-16(18)17-8-2-4-10-19(17)20/h1-4,7-10,20-21H,5-6,11-15H2,(H,29,34)(H,31,32)/t21-/m1/s1. The number of amides is 2. The van der Waals surface area contributed by atoms with Crippen LogP contribution in [0.4, 0.5) is 13.6 Å². The Kier molecular flexibility index (Phi) is 5.73. The fourth-order valence-corrected chi connectivity index (χ4v) is 5.73. The topological polar surface area (TPSA) is 95.9 Å². The van der Waals surface area contributed by atoms with E-state index in [2.05, 4.69) is 5.32 Å². The van der Waals surface area contributed by atoms with Crippen LogP contribution < -0.4 is 5.32 Å². The largest absolute Gasteiger partial charge is 0.480 e. The molecule has 1 atom stereocenters. The summed E-state index contributed by atoms with van der Waals surface area (Å²) in [5.74, 6) is -5.72. The number of carbonyl (C=O) groups is 3. The van der Waals surface area contributed by atoms with Crippen LogP contribution in [0.2, 0.25) is 0 Å². The van der Waals surface area contributed by atoms with Crippen LogP contribution in [0.5, 0.6) is 0 Å². The Morgan fingerprint density at radius 1 is 1.00 bits per heavy atom. The van der Waals surface area contributed by atoms with E-state index in [1.165, 1.54) is 0 Å². The number of carbonyl (C=O) groups excluding carboxylic acids is 2. The van der Waals surface area contributed by atoms with Crippen molar-refractivity contribution in [3.8, 4) is 11.1 Å². The van der Waals surface area contributed by atoms with E-state index >= 15 is 0 Å².